The van der Waals surface area contributed by atoms with Gasteiger partial charge in [-0.05, 0) is 42.5 Å². The van der Waals surface area contributed by atoms with Crippen LogP contribution >= 0.6 is 0 Å². The van der Waals surface area contributed by atoms with E-state index in [1.54, 1.807) is 12.1 Å². The van der Waals surface area contributed by atoms with E-state index in [-0.39, 0.29) is 5.82 Å². The minimum absolute atomic E-state index is 0.243. The molecule has 102 valence electrons. The predicted molar refractivity (Wildman–Crippen MR) is 83.4 cm³/mol. The zero-order chi connectivity index (χ0) is 14.2. The summed E-state index contributed by atoms with van der Waals surface area (Å²) in [4.78, 5) is 0. The number of nitrogens with one attached hydrogen (secondary N) is 1. The molecule has 3 heteroatoms. The van der Waals surface area contributed by atoms with Crippen LogP contribution in [-0.2, 0) is 0 Å². The number of para-hydroxylation sites is 1. The fourth-order valence-electron chi connectivity index (χ4n) is 2.57. The highest BCUT2D eigenvalue weighted by molar-refractivity contribution is 6.11. The van der Waals surface area contributed by atoms with E-state index in [1.807, 2.05) is 42.5 Å². The second-order valence-corrected chi connectivity index (χ2v) is 4.91. The molecule has 0 atom stereocenters. The Bertz CT molecular complexity index is 925. The van der Waals surface area contributed by atoms with E-state index in [0.29, 0.717) is 0 Å². The second-order valence-electron chi connectivity index (χ2n) is 4.91. The normalized spacial score (nSPS) is 11.1. The fourth-order valence-corrected chi connectivity index (χ4v) is 2.57. The summed E-state index contributed by atoms with van der Waals surface area (Å²) in [5.74, 6) is -0.243. The van der Waals surface area contributed by atoms with Crippen LogP contribution < -0.4 is 5.32 Å². The Morgan fingerprint density at radius 3 is 2.38 bits per heavy atom. The minimum Gasteiger partial charge on any atom is -0.456 e. The fraction of sp³-hybridized carbons (Fsp3) is 0. The number of benzene rings is 3. The van der Waals surface area contributed by atoms with Gasteiger partial charge < -0.3 is 9.73 Å². The summed E-state index contributed by atoms with van der Waals surface area (Å²) in [5.41, 5.74) is 3.49. The Kier molecular flexibility index (Phi) is 2.64. The number of rotatable bonds is 2. The molecule has 0 fully saturated rings. The third-order valence-electron chi connectivity index (χ3n) is 3.53. The minimum atomic E-state index is -0.243. The van der Waals surface area contributed by atoms with E-state index < -0.39 is 0 Å². The van der Waals surface area contributed by atoms with Crippen LogP contribution in [0, 0.1) is 5.82 Å². The number of hydrogen-bond donors (Lipinski definition) is 1. The average Bonchev–Trinajstić information content (AvgIpc) is 2.89. The van der Waals surface area contributed by atoms with E-state index in [1.165, 1.54) is 12.1 Å². The second kappa shape index (κ2) is 4.63. The standard InChI is InChI=1S/C18H12FNO/c19-12-8-10-13(11-9-12)20-15-5-3-7-17-18(15)14-4-1-2-6-16(14)21-17/h1-11,20H. The van der Waals surface area contributed by atoms with Crippen LogP contribution in [0.4, 0.5) is 15.8 Å². The summed E-state index contributed by atoms with van der Waals surface area (Å²) in [5, 5.41) is 5.43. The van der Waals surface area contributed by atoms with Crippen LogP contribution in [0.15, 0.2) is 71.1 Å². The van der Waals surface area contributed by atoms with Crippen molar-refractivity contribution in [3.63, 3.8) is 0 Å². The van der Waals surface area contributed by atoms with E-state index in [0.717, 1.165) is 33.3 Å². The zero-order valence-corrected chi connectivity index (χ0v) is 11.1. The van der Waals surface area contributed by atoms with Crippen LogP contribution in [0.25, 0.3) is 21.9 Å². The van der Waals surface area contributed by atoms with Gasteiger partial charge >= 0.3 is 0 Å². The Labute approximate surface area is 120 Å². The van der Waals surface area contributed by atoms with E-state index in [4.69, 9.17) is 4.42 Å². The molecule has 0 aliphatic rings. The molecular formula is C18H12FNO. The van der Waals surface area contributed by atoms with E-state index in [2.05, 4.69) is 5.32 Å². The Balaban J connectivity index is 1.89. The number of hydrogen-bond acceptors (Lipinski definition) is 2. The van der Waals surface area contributed by atoms with E-state index in [9.17, 15) is 4.39 Å². The van der Waals surface area contributed by atoms with Crippen molar-refractivity contribution < 1.29 is 8.81 Å². The largest absolute Gasteiger partial charge is 0.456 e. The van der Waals surface area contributed by atoms with Gasteiger partial charge in [0.15, 0.2) is 0 Å². The van der Waals surface area contributed by atoms with Gasteiger partial charge in [0.1, 0.15) is 17.0 Å². The van der Waals surface area contributed by atoms with Crippen LogP contribution in [-0.4, -0.2) is 0 Å². The summed E-state index contributed by atoms with van der Waals surface area (Å²) < 4.78 is 18.8. The van der Waals surface area contributed by atoms with Gasteiger partial charge in [0.25, 0.3) is 0 Å². The molecule has 1 N–H and O–H groups in total. The first-order chi connectivity index (χ1) is 10.3. The van der Waals surface area contributed by atoms with Gasteiger partial charge in [-0.1, -0.05) is 24.3 Å². The molecule has 2 nitrogen and oxygen atoms in total. The number of anilines is 2. The molecule has 0 aliphatic heterocycles. The molecule has 0 radical (unpaired) electrons. The van der Waals surface area contributed by atoms with Crippen molar-refractivity contribution in [1.82, 2.24) is 0 Å². The van der Waals surface area contributed by atoms with Gasteiger partial charge in [-0.2, -0.15) is 0 Å². The van der Waals surface area contributed by atoms with Gasteiger partial charge in [0.2, 0.25) is 0 Å². The number of furan rings is 1. The molecule has 4 rings (SSSR count). The van der Waals surface area contributed by atoms with E-state index >= 15 is 0 Å². The summed E-state index contributed by atoms with van der Waals surface area (Å²) in [6, 6.07) is 20.1. The Morgan fingerprint density at radius 2 is 1.52 bits per heavy atom. The van der Waals surface area contributed by atoms with Crippen LogP contribution in [0.2, 0.25) is 0 Å². The third-order valence-corrected chi connectivity index (χ3v) is 3.53. The lowest BCUT2D eigenvalue weighted by molar-refractivity contribution is 0.628. The maximum Gasteiger partial charge on any atom is 0.137 e. The zero-order valence-electron chi connectivity index (χ0n) is 11.1. The highest BCUT2D eigenvalue weighted by Gasteiger charge is 2.10. The first-order valence-corrected chi connectivity index (χ1v) is 6.74. The maximum absolute atomic E-state index is 13.0. The molecule has 4 aromatic rings. The molecule has 0 unspecified atom stereocenters. The number of halogens is 1. The Hall–Kier alpha value is -2.81. The molecule has 0 aliphatic carbocycles. The van der Waals surface area contributed by atoms with Crippen molar-refractivity contribution in [1.29, 1.82) is 0 Å². The highest BCUT2D eigenvalue weighted by Crippen LogP contribution is 2.35. The maximum atomic E-state index is 13.0. The van der Waals surface area contributed by atoms with Gasteiger partial charge in [-0.3, -0.25) is 0 Å². The number of fused-ring (bicyclic) bond motifs is 3. The third kappa shape index (κ3) is 2.03. The average molecular weight is 277 g/mol. The monoisotopic (exact) mass is 277 g/mol. The summed E-state index contributed by atoms with van der Waals surface area (Å²) in [6.45, 7) is 0. The van der Waals surface area contributed by atoms with Crippen molar-refractivity contribution in [2.45, 2.75) is 0 Å². The quantitative estimate of drug-likeness (QED) is 0.525. The molecule has 3 aromatic carbocycles. The highest BCUT2D eigenvalue weighted by atomic mass is 19.1. The Morgan fingerprint density at radius 1 is 0.762 bits per heavy atom. The lowest BCUT2D eigenvalue weighted by atomic mass is 10.1. The SMILES string of the molecule is Fc1ccc(Nc2cccc3oc4ccccc4c23)cc1. The first-order valence-electron chi connectivity index (χ1n) is 6.74. The topological polar surface area (TPSA) is 25.2 Å². The molecule has 1 heterocycles. The van der Waals surface area contributed by atoms with Crippen LogP contribution in [0.1, 0.15) is 0 Å². The van der Waals surface area contributed by atoms with Crippen molar-refractivity contribution in [2.75, 3.05) is 5.32 Å². The van der Waals surface area contributed by atoms with Gasteiger partial charge in [-0.15, -0.1) is 0 Å². The lowest BCUT2D eigenvalue weighted by Gasteiger charge is -2.07. The van der Waals surface area contributed by atoms with Crippen LogP contribution in [0.5, 0.6) is 0 Å². The smallest absolute Gasteiger partial charge is 0.137 e. The lowest BCUT2D eigenvalue weighted by Crippen LogP contribution is -1.90. The summed E-state index contributed by atoms with van der Waals surface area (Å²) in [6.07, 6.45) is 0. The van der Waals surface area contributed by atoms with Crippen molar-refractivity contribution >= 4 is 33.3 Å². The molecule has 0 amide bonds. The molecule has 21 heavy (non-hydrogen) atoms. The predicted octanol–water partition coefficient (Wildman–Crippen LogP) is 5.47. The molecular weight excluding hydrogens is 265 g/mol. The summed E-state index contributed by atoms with van der Waals surface area (Å²) in [7, 11) is 0. The molecule has 0 saturated carbocycles. The van der Waals surface area contributed by atoms with Crippen molar-refractivity contribution in [2.24, 2.45) is 0 Å². The van der Waals surface area contributed by atoms with Gasteiger partial charge in [0.05, 0.1) is 11.1 Å². The van der Waals surface area contributed by atoms with Crippen LogP contribution in [0.3, 0.4) is 0 Å². The molecule has 1 aromatic heterocycles. The van der Waals surface area contributed by atoms with Crippen molar-refractivity contribution in [3.8, 4) is 0 Å². The van der Waals surface area contributed by atoms with Gasteiger partial charge in [-0.25, -0.2) is 4.39 Å². The summed E-state index contributed by atoms with van der Waals surface area (Å²) >= 11 is 0. The molecule has 0 spiro atoms. The first kappa shape index (κ1) is 12.0. The molecule has 0 saturated heterocycles. The molecule has 0 bridgehead atoms. The van der Waals surface area contributed by atoms with Gasteiger partial charge in [0, 0.05) is 11.1 Å². The van der Waals surface area contributed by atoms with Crippen molar-refractivity contribution in [3.05, 3.63) is 72.5 Å².